The van der Waals surface area contributed by atoms with Crippen LogP contribution in [0, 0.1) is 5.92 Å². The molecule has 0 saturated heterocycles. The Hall–Kier alpha value is -1.16. The van der Waals surface area contributed by atoms with E-state index in [0.29, 0.717) is 11.3 Å². The molecule has 1 aromatic rings. The van der Waals surface area contributed by atoms with Gasteiger partial charge in [0.05, 0.1) is 0 Å². The summed E-state index contributed by atoms with van der Waals surface area (Å²) in [5.41, 5.74) is 1.36. The highest BCUT2D eigenvalue weighted by Crippen LogP contribution is 2.39. The largest absolute Gasteiger partial charge is 0.489 e. The lowest BCUT2D eigenvalue weighted by Gasteiger charge is -2.08. The van der Waals surface area contributed by atoms with Crippen LogP contribution in [0.25, 0.3) is 0 Å². The standard InChI is InChI=1S/C14H16O3S/c1-8-4-10-5-11(18-7-9-2-3-9)6-12(14(15)16)13(10)17-8/h5-6,8-9H,2-4,7H2,1H3,(H,15,16). The molecule has 1 aliphatic carbocycles. The van der Waals surface area contributed by atoms with E-state index >= 15 is 0 Å². The van der Waals surface area contributed by atoms with Gasteiger partial charge in [0.1, 0.15) is 17.4 Å². The molecule has 0 bridgehead atoms. The summed E-state index contributed by atoms with van der Waals surface area (Å²) in [7, 11) is 0. The van der Waals surface area contributed by atoms with E-state index in [4.69, 9.17) is 4.74 Å². The van der Waals surface area contributed by atoms with E-state index in [2.05, 4.69) is 6.07 Å². The van der Waals surface area contributed by atoms with Crippen LogP contribution in [0.3, 0.4) is 0 Å². The van der Waals surface area contributed by atoms with Crippen molar-refractivity contribution >= 4 is 17.7 Å². The number of carbonyl (C=O) groups is 1. The molecule has 1 unspecified atom stereocenters. The average Bonchev–Trinajstić information content (AvgIpc) is 3.06. The molecule has 4 heteroatoms. The van der Waals surface area contributed by atoms with Crippen molar-refractivity contribution < 1.29 is 14.6 Å². The molecule has 0 spiro atoms. The molecular formula is C14H16O3S. The molecule has 96 valence electrons. The van der Waals surface area contributed by atoms with Gasteiger partial charge in [-0.15, -0.1) is 11.8 Å². The lowest BCUT2D eigenvalue weighted by Crippen LogP contribution is -2.07. The van der Waals surface area contributed by atoms with Gasteiger partial charge < -0.3 is 9.84 Å². The van der Waals surface area contributed by atoms with Crippen molar-refractivity contribution in [3.63, 3.8) is 0 Å². The first-order valence-electron chi connectivity index (χ1n) is 6.33. The van der Waals surface area contributed by atoms with Crippen molar-refractivity contribution in [3.8, 4) is 5.75 Å². The van der Waals surface area contributed by atoms with Gasteiger partial charge in [0, 0.05) is 17.1 Å². The van der Waals surface area contributed by atoms with Crippen molar-refractivity contribution in [1.82, 2.24) is 0 Å². The molecule has 1 N–H and O–H groups in total. The molecular weight excluding hydrogens is 248 g/mol. The van der Waals surface area contributed by atoms with Gasteiger partial charge in [-0.2, -0.15) is 0 Å². The van der Waals surface area contributed by atoms with Gasteiger partial charge in [-0.25, -0.2) is 4.79 Å². The van der Waals surface area contributed by atoms with E-state index in [1.807, 2.05) is 6.92 Å². The van der Waals surface area contributed by atoms with Crippen LogP contribution in [0.2, 0.25) is 0 Å². The number of hydrogen-bond acceptors (Lipinski definition) is 3. The normalized spacial score (nSPS) is 21.5. The second-order valence-corrected chi connectivity index (χ2v) is 6.24. The third kappa shape index (κ3) is 2.34. The Morgan fingerprint density at radius 2 is 2.28 bits per heavy atom. The molecule has 1 aromatic carbocycles. The van der Waals surface area contributed by atoms with Crippen molar-refractivity contribution in [2.24, 2.45) is 5.92 Å². The summed E-state index contributed by atoms with van der Waals surface area (Å²) in [5, 5.41) is 9.26. The molecule has 1 atom stereocenters. The minimum atomic E-state index is -0.894. The van der Waals surface area contributed by atoms with Crippen LogP contribution in [-0.4, -0.2) is 22.9 Å². The first kappa shape index (κ1) is 11.9. The number of carboxylic acid groups (broad SMARTS) is 1. The molecule has 2 aliphatic rings. The monoisotopic (exact) mass is 264 g/mol. The van der Waals surface area contributed by atoms with E-state index in [-0.39, 0.29) is 6.10 Å². The number of hydrogen-bond donors (Lipinski definition) is 1. The average molecular weight is 264 g/mol. The Morgan fingerprint density at radius 1 is 1.50 bits per heavy atom. The first-order valence-corrected chi connectivity index (χ1v) is 7.31. The van der Waals surface area contributed by atoms with Gasteiger partial charge in [-0.3, -0.25) is 0 Å². The number of ether oxygens (including phenoxy) is 1. The second kappa shape index (κ2) is 4.50. The van der Waals surface area contributed by atoms with E-state index in [1.165, 1.54) is 12.8 Å². The number of carboxylic acids is 1. The van der Waals surface area contributed by atoms with Crippen LogP contribution < -0.4 is 4.74 Å². The van der Waals surface area contributed by atoms with Gasteiger partial charge >= 0.3 is 5.97 Å². The molecule has 1 saturated carbocycles. The fraction of sp³-hybridized carbons (Fsp3) is 0.500. The predicted octanol–water partition coefficient (Wildman–Crippen LogP) is 3.21. The van der Waals surface area contributed by atoms with Crippen molar-refractivity contribution in [2.75, 3.05) is 5.75 Å². The number of thioether (sulfide) groups is 1. The molecule has 3 nitrogen and oxygen atoms in total. The minimum Gasteiger partial charge on any atom is -0.489 e. The number of rotatable bonds is 4. The van der Waals surface area contributed by atoms with Crippen LogP contribution in [0.1, 0.15) is 35.7 Å². The SMILES string of the molecule is CC1Cc2cc(SCC3CC3)cc(C(=O)O)c2O1. The molecule has 3 rings (SSSR count). The molecule has 0 amide bonds. The van der Waals surface area contributed by atoms with E-state index in [0.717, 1.165) is 28.6 Å². The first-order chi connectivity index (χ1) is 8.63. The smallest absolute Gasteiger partial charge is 0.339 e. The lowest BCUT2D eigenvalue weighted by atomic mass is 10.1. The zero-order valence-electron chi connectivity index (χ0n) is 10.3. The zero-order valence-corrected chi connectivity index (χ0v) is 11.1. The van der Waals surface area contributed by atoms with Crippen LogP contribution >= 0.6 is 11.8 Å². The Bertz CT molecular complexity index is 494. The van der Waals surface area contributed by atoms with E-state index in [1.54, 1.807) is 17.8 Å². The number of fused-ring (bicyclic) bond motifs is 1. The fourth-order valence-electron chi connectivity index (χ4n) is 2.24. The van der Waals surface area contributed by atoms with E-state index in [9.17, 15) is 9.90 Å². The fourth-order valence-corrected chi connectivity index (χ4v) is 3.43. The molecule has 1 aliphatic heterocycles. The highest BCUT2D eigenvalue weighted by molar-refractivity contribution is 7.99. The Kier molecular flexibility index (Phi) is 2.98. The van der Waals surface area contributed by atoms with Crippen molar-refractivity contribution in [2.45, 2.75) is 37.2 Å². The molecule has 0 radical (unpaired) electrons. The highest BCUT2D eigenvalue weighted by Gasteiger charge is 2.27. The van der Waals surface area contributed by atoms with Crippen molar-refractivity contribution in [1.29, 1.82) is 0 Å². The Labute approximate surface area is 111 Å². The lowest BCUT2D eigenvalue weighted by molar-refractivity contribution is 0.0691. The van der Waals surface area contributed by atoms with Gasteiger partial charge in [0.15, 0.2) is 0 Å². The van der Waals surface area contributed by atoms with Gasteiger partial charge in [-0.05, 0) is 43.4 Å². The predicted molar refractivity (Wildman–Crippen MR) is 70.6 cm³/mol. The third-order valence-electron chi connectivity index (χ3n) is 3.38. The summed E-state index contributed by atoms with van der Waals surface area (Å²) < 4.78 is 5.60. The van der Waals surface area contributed by atoms with Crippen molar-refractivity contribution in [3.05, 3.63) is 23.3 Å². The summed E-state index contributed by atoms with van der Waals surface area (Å²) in [4.78, 5) is 12.3. The van der Waals surface area contributed by atoms with Gasteiger partial charge in [0.2, 0.25) is 0 Å². The van der Waals surface area contributed by atoms with E-state index < -0.39 is 5.97 Å². The number of aromatic carboxylic acids is 1. The Balaban J connectivity index is 1.89. The maximum Gasteiger partial charge on any atom is 0.339 e. The highest BCUT2D eigenvalue weighted by atomic mass is 32.2. The van der Waals surface area contributed by atoms with Crippen LogP contribution in [-0.2, 0) is 6.42 Å². The topological polar surface area (TPSA) is 46.5 Å². The zero-order chi connectivity index (χ0) is 12.7. The summed E-state index contributed by atoms with van der Waals surface area (Å²) in [5.74, 6) is 1.63. The maximum absolute atomic E-state index is 11.3. The molecule has 18 heavy (non-hydrogen) atoms. The summed E-state index contributed by atoms with van der Waals surface area (Å²) in [6.07, 6.45) is 3.54. The number of benzene rings is 1. The van der Waals surface area contributed by atoms with Crippen LogP contribution in [0.5, 0.6) is 5.75 Å². The summed E-state index contributed by atoms with van der Waals surface area (Å²) >= 11 is 1.77. The van der Waals surface area contributed by atoms with Crippen LogP contribution in [0.4, 0.5) is 0 Å². The second-order valence-electron chi connectivity index (χ2n) is 5.15. The summed E-state index contributed by atoms with van der Waals surface area (Å²) in [6.45, 7) is 1.97. The molecule has 1 heterocycles. The molecule has 0 aromatic heterocycles. The maximum atomic E-state index is 11.3. The van der Waals surface area contributed by atoms with Crippen LogP contribution in [0.15, 0.2) is 17.0 Å². The summed E-state index contributed by atoms with van der Waals surface area (Å²) in [6, 6.07) is 3.85. The minimum absolute atomic E-state index is 0.0850. The van der Waals surface area contributed by atoms with Gasteiger partial charge in [0.25, 0.3) is 0 Å². The van der Waals surface area contributed by atoms with Gasteiger partial charge in [-0.1, -0.05) is 0 Å². The Morgan fingerprint density at radius 3 is 2.94 bits per heavy atom. The third-order valence-corrected chi connectivity index (χ3v) is 4.59. The molecule has 1 fully saturated rings. The quantitative estimate of drug-likeness (QED) is 0.848.